The average molecular weight is 497 g/mol. The Morgan fingerprint density at radius 3 is 0.842 bits per heavy atom. The maximum absolute atomic E-state index is 3.04. The van der Waals surface area contributed by atoms with Crippen LogP contribution in [0.1, 0.15) is 66.5 Å². The molecule has 0 heterocycles. The molecule has 0 aromatic heterocycles. The molecule has 2 nitrogen and oxygen atoms in total. The molecule has 2 rings (SSSR count). The van der Waals surface area contributed by atoms with Gasteiger partial charge in [-0.2, -0.15) is 0 Å². The third-order valence-electron chi connectivity index (χ3n) is 5.53. The Balaban J connectivity index is 1.89. The number of nitrogens with zero attached hydrogens (tertiary/aromatic N) is 2. The van der Waals surface area contributed by atoms with Gasteiger partial charge in [0.2, 0.25) is 0 Å². The lowest BCUT2D eigenvalue weighted by molar-refractivity contribution is 0.608. The van der Waals surface area contributed by atoms with Crippen LogP contribution in [0.2, 0.25) is 0 Å². The molecule has 2 aromatic carbocycles. The molecule has 0 fully saturated rings. The van der Waals surface area contributed by atoms with Gasteiger partial charge in [0.25, 0.3) is 0 Å². The summed E-state index contributed by atoms with van der Waals surface area (Å²) in [6.07, 6.45) is 0. The Kier molecular flexibility index (Phi) is 12.1. The topological polar surface area (TPSA) is 6.48 Å². The van der Waals surface area contributed by atoms with Crippen molar-refractivity contribution in [2.45, 2.75) is 79.6 Å². The van der Waals surface area contributed by atoms with E-state index in [4.69, 9.17) is 0 Å². The SMILES string of the molecule is CC(C)N(c1ccc(C#CC#CC#CC#CC#CC#Cc2ccc(N(C(C)C)C(C)C)cc2)cc1)C(C)C. The van der Waals surface area contributed by atoms with Crippen molar-refractivity contribution in [3.8, 4) is 71.0 Å². The minimum atomic E-state index is 0.437. The van der Waals surface area contributed by atoms with Gasteiger partial charge in [0.1, 0.15) is 0 Å². The first-order valence-electron chi connectivity index (χ1n) is 13.0. The largest absolute Gasteiger partial charge is 0.367 e. The van der Waals surface area contributed by atoms with E-state index in [2.05, 4.69) is 161 Å². The van der Waals surface area contributed by atoms with E-state index in [1.807, 2.05) is 24.3 Å². The van der Waals surface area contributed by atoms with Gasteiger partial charge in [-0.15, -0.1) is 0 Å². The molecule has 0 aliphatic rings. The third kappa shape index (κ3) is 9.81. The Labute approximate surface area is 231 Å². The van der Waals surface area contributed by atoms with Crippen molar-refractivity contribution in [2.24, 2.45) is 0 Å². The summed E-state index contributed by atoms with van der Waals surface area (Å²) in [5.41, 5.74) is 4.23. The Hall–Kier alpha value is -4.60. The van der Waals surface area contributed by atoms with E-state index < -0.39 is 0 Å². The molecule has 0 bridgehead atoms. The van der Waals surface area contributed by atoms with E-state index >= 15 is 0 Å². The fourth-order valence-corrected chi connectivity index (χ4v) is 4.28. The van der Waals surface area contributed by atoms with E-state index in [1.54, 1.807) is 0 Å². The van der Waals surface area contributed by atoms with Crippen LogP contribution >= 0.6 is 0 Å². The summed E-state index contributed by atoms with van der Waals surface area (Å²) in [7, 11) is 0. The zero-order valence-electron chi connectivity index (χ0n) is 23.8. The molecule has 0 spiro atoms. The summed E-state index contributed by atoms with van der Waals surface area (Å²) in [6.45, 7) is 17.6. The van der Waals surface area contributed by atoms with E-state index in [9.17, 15) is 0 Å². The van der Waals surface area contributed by atoms with Crippen molar-refractivity contribution in [3.05, 3.63) is 59.7 Å². The highest BCUT2D eigenvalue weighted by atomic mass is 15.2. The minimum Gasteiger partial charge on any atom is -0.367 e. The van der Waals surface area contributed by atoms with Crippen molar-refractivity contribution >= 4 is 11.4 Å². The smallest absolute Gasteiger partial charge is 0.0371 e. The zero-order valence-corrected chi connectivity index (χ0v) is 23.8. The molecule has 0 N–H and O–H groups in total. The Morgan fingerprint density at radius 1 is 0.368 bits per heavy atom. The van der Waals surface area contributed by atoms with Gasteiger partial charge in [0.15, 0.2) is 0 Å². The molecule has 0 radical (unpaired) electrons. The maximum atomic E-state index is 3.04. The van der Waals surface area contributed by atoms with Gasteiger partial charge in [-0.25, -0.2) is 0 Å². The van der Waals surface area contributed by atoms with Crippen molar-refractivity contribution in [2.75, 3.05) is 9.80 Å². The van der Waals surface area contributed by atoms with Gasteiger partial charge in [-0.1, -0.05) is 11.8 Å². The second-order valence-electron chi connectivity index (χ2n) is 9.78. The summed E-state index contributed by atoms with van der Waals surface area (Å²) >= 11 is 0. The second-order valence-corrected chi connectivity index (χ2v) is 9.78. The standard InChI is InChI=1S/C36H36N2/c1-29(2)37(30(3)4)35-25-21-33(22-26-35)19-17-15-13-11-9-10-12-14-16-18-20-34-23-27-36(28-24-34)38(31(5)6)32(7)8/h21-32H,1-8H3. The number of anilines is 2. The number of hydrogen-bond donors (Lipinski definition) is 0. The van der Waals surface area contributed by atoms with Crippen LogP contribution in [0.25, 0.3) is 0 Å². The molecular weight excluding hydrogens is 460 g/mol. The third-order valence-corrected chi connectivity index (χ3v) is 5.53. The van der Waals surface area contributed by atoms with Crippen molar-refractivity contribution in [1.82, 2.24) is 0 Å². The van der Waals surface area contributed by atoms with Crippen LogP contribution in [0, 0.1) is 71.0 Å². The van der Waals surface area contributed by atoms with E-state index in [1.165, 1.54) is 11.4 Å². The highest BCUT2D eigenvalue weighted by molar-refractivity contribution is 5.54. The lowest BCUT2D eigenvalue weighted by Crippen LogP contribution is -2.36. The molecular formula is C36H36N2. The van der Waals surface area contributed by atoms with Crippen LogP contribution < -0.4 is 9.80 Å². The van der Waals surface area contributed by atoms with Crippen LogP contribution in [0.4, 0.5) is 11.4 Å². The molecule has 0 atom stereocenters. The zero-order chi connectivity index (χ0) is 27.9. The summed E-state index contributed by atoms with van der Waals surface area (Å²) in [4.78, 5) is 4.74. The summed E-state index contributed by atoms with van der Waals surface area (Å²) in [5.74, 6) is 33.2. The average Bonchev–Trinajstić information content (AvgIpc) is 2.85. The van der Waals surface area contributed by atoms with Gasteiger partial charge in [0.05, 0.1) is 0 Å². The van der Waals surface area contributed by atoms with E-state index in [0.29, 0.717) is 24.2 Å². The number of benzene rings is 2. The molecule has 0 aliphatic carbocycles. The van der Waals surface area contributed by atoms with Crippen molar-refractivity contribution in [1.29, 1.82) is 0 Å². The molecule has 0 saturated carbocycles. The first-order valence-corrected chi connectivity index (χ1v) is 13.0. The normalized spacial score (nSPS) is 9.26. The van der Waals surface area contributed by atoms with Gasteiger partial charge >= 0.3 is 0 Å². The highest BCUT2D eigenvalue weighted by Gasteiger charge is 2.14. The molecule has 38 heavy (non-hydrogen) atoms. The fourth-order valence-electron chi connectivity index (χ4n) is 4.28. The van der Waals surface area contributed by atoms with Crippen LogP contribution in [0.15, 0.2) is 48.5 Å². The molecule has 0 saturated heterocycles. The monoisotopic (exact) mass is 496 g/mol. The lowest BCUT2D eigenvalue weighted by atomic mass is 10.1. The van der Waals surface area contributed by atoms with E-state index in [0.717, 1.165) is 11.1 Å². The molecule has 2 aromatic rings. The molecule has 0 aliphatic heterocycles. The fraction of sp³-hybridized carbons (Fsp3) is 0.333. The molecule has 2 heteroatoms. The lowest BCUT2D eigenvalue weighted by Gasteiger charge is -2.33. The van der Waals surface area contributed by atoms with Crippen molar-refractivity contribution < 1.29 is 0 Å². The first kappa shape index (κ1) is 29.6. The first-order chi connectivity index (χ1) is 18.2. The minimum absolute atomic E-state index is 0.437. The Bertz CT molecular complexity index is 1300. The molecule has 190 valence electrons. The van der Waals surface area contributed by atoms with Crippen LogP contribution in [-0.2, 0) is 0 Å². The summed E-state index contributed by atoms with van der Waals surface area (Å²) in [5, 5.41) is 0. The highest BCUT2D eigenvalue weighted by Crippen LogP contribution is 2.21. The number of hydrogen-bond acceptors (Lipinski definition) is 2. The maximum Gasteiger partial charge on any atom is 0.0371 e. The predicted octanol–water partition coefficient (Wildman–Crippen LogP) is 6.35. The van der Waals surface area contributed by atoms with Gasteiger partial charge < -0.3 is 9.80 Å². The second kappa shape index (κ2) is 15.5. The summed E-state index contributed by atoms with van der Waals surface area (Å²) < 4.78 is 0. The quantitative estimate of drug-likeness (QED) is 0.430. The predicted molar refractivity (Wildman–Crippen MR) is 163 cm³/mol. The van der Waals surface area contributed by atoms with Crippen LogP contribution in [0.3, 0.4) is 0 Å². The van der Waals surface area contributed by atoms with Crippen LogP contribution in [-0.4, -0.2) is 24.2 Å². The van der Waals surface area contributed by atoms with E-state index in [-0.39, 0.29) is 0 Å². The van der Waals surface area contributed by atoms with Crippen molar-refractivity contribution in [3.63, 3.8) is 0 Å². The van der Waals surface area contributed by atoms with Gasteiger partial charge in [-0.3, -0.25) is 0 Å². The molecule has 0 unspecified atom stereocenters. The van der Waals surface area contributed by atoms with Gasteiger partial charge in [-0.05, 0) is 163 Å². The molecule has 0 amide bonds. The van der Waals surface area contributed by atoms with Gasteiger partial charge in [0, 0.05) is 46.7 Å². The van der Waals surface area contributed by atoms with Crippen LogP contribution in [0.5, 0.6) is 0 Å². The number of rotatable bonds is 6. The Morgan fingerprint density at radius 2 is 0.605 bits per heavy atom. The summed E-state index contributed by atoms with van der Waals surface area (Å²) in [6, 6.07) is 18.2.